The summed E-state index contributed by atoms with van der Waals surface area (Å²) in [6, 6.07) is -0.271. The Hall–Kier alpha value is -6.64. The number of hydrogen-bond acceptors (Lipinski definition) is 16. The van der Waals surface area contributed by atoms with E-state index in [0.29, 0.717) is 24.1 Å². The Morgan fingerprint density at radius 3 is 1.51 bits per heavy atom. The third-order valence-corrected chi connectivity index (χ3v) is 11.6. The number of thiol groups is 2. The molecule has 1 aliphatic heterocycles. The Kier molecular flexibility index (Phi) is 23.9. The first kappa shape index (κ1) is 58.7. The number of phenols is 2. The van der Waals surface area contributed by atoms with E-state index in [0.717, 1.165) is 13.3 Å². The van der Waals surface area contributed by atoms with Crippen LogP contribution in [0.4, 0.5) is 0 Å². The number of hydrogen-bond donors (Lipinski definition) is 16. The molecule has 26 heteroatoms. The maximum Gasteiger partial charge on any atom is 0.326 e. The summed E-state index contributed by atoms with van der Waals surface area (Å²) < 4.78 is 0. The smallest absolute Gasteiger partial charge is 0.326 e. The Morgan fingerprint density at radius 1 is 0.606 bits per heavy atom. The molecule has 0 spiro atoms. The van der Waals surface area contributed by atoms with Crippen molar-refractivity contribution in [2.75, 3.05) is 24.6 Å². The molecule has 0 saturated carbocycles. The van der Waals surface area contributed by atoms with Crippen molar-refractivity contribution in [1.82, 2.24) is 47.9 Å². The summed E-state index contributed by atoms with van der Waals surface area (Å²) >= 11 is 8.22. The van der Waals surface area contributed by atoms with Gasteiger partial charge in [0.25, 0.3) is 0 Å². The molecule has 1 saturated heterocycles. The number of aliphatic hydroxyl groups is 1. The number of carboxylic acids is 2. The zero-order valence-corrected chi connectivity index (χ0v) is 41.0. The van der Waals surface area contributed by atoms with E-state index in [1.165, 1.54) is 48.5 Å². The van der Waals surface area contributed by atoms with Gasteiger partial charge in [0, 0.05) is 24.3 Å². The van der Waals surface area contributed by atoms with Crippen LogP contribution in [0, 0.1) is 5.92 Å². The molecule has 1 heterocycles. The molecule has 2 aromatic carbocycles. The third kappa shape index (κ3) is 19.9. The van der Waals surface area contributed by atoms with Gasteiger partial charge in [-0.1, -0.05) is 38.1 Å². The Balaban J connectivity index is 1.83. The molecule has 8 amide bonds. The van der Waals surface area contributed by atoms with Crippen LogP contribution >= 0.6 is 25.3 Å². The van der Waals surface area contributed by atoms with Gasteiger partial charge in [-0.05, 0) is 74.0 Å². The van der Waals surface area contributed by atoms with Crippen molar-refractivity contribution < 1.29 is 73.5 Å². The van der Waals surface area contributed by atoms with Crippen LogP contribution in [0.5, 0.6) is 11.5 Å². The largest absolute Gasteiger partial charge is 0.508 e. The summed E-state index contributed by atoms with van der Waals surface area (Å²) in [5, 5.41) is 71.5. The molecule has 3 rings (SSSR count). The normalized spacial score (nSPS) is 16.5. The van der Waals surface area contributed by atoms with E-state index in [1.807, 2.05) is 0 Å². The van der Waals surface area contributed by atoms with Crippen molar-refractivity contribution in [3.8, 4) is 11.5 Å². The lowest BCUT2D eigenvalue weighted by molar-refractivity contribution is -0.143. The summed E-state index contributed by atoms with van der Waals surface area (Å²) in [5.41, 5.74) is 0.753. The second-order valence-electron chi connectivity index (χ2n) is 17.2. The molecular formula is C45H63N9O15S2. The maximum absolute atomic E-state index is 14.2. The number of aliphatic hydroxyl groups excluding tert-OH is 1. The standard InChI is InChI=1S/C45H63N9O15S2/c1-22(2)15-32(45(68)69)51-43(66)34(21-71)53-44(67)37(23(3)55)54-35(58)19-47-38(61)29(16-24-6-10-26(56)11-7-24)48-40(63)30(17-25-8-12-27(57)13-9-25)49-41(64)31(18-36(59)60)50-42(65)33(20-70)52-39(62)28-5-4-14-46-28/h6-13,22-23,28-34,37,46,55-57,70-71H,4-5,14-21H2,1-3H3,(H,47,61)(H,48,63)(H,49,64)(H,50,65)(H,51,66)(H,52,62)(H,53,67)(H,54,58)(H,59,60)(H,68,69)/t23-,28+,29+,30+,31+,32+,33+,34+,37+/m1/s1. The lowest BCUT2D eigenvalue weighted by Crippen LogP contribution is -2.60. The van der Waals surface area contributed by atoms with Gasteiger partial charge < -0.3 is 73.4 Å². The van der Waals surface area contributed by atoms with E-state index in [2.05, 4.69) is 73.1 Å². The molecule has 0 unspecified atom stereocenters. The van der Waals surface area contributed by atoms with Crippen LogP contribution in [-0.4, -0.2) is 164 Å². The van der Waals surface area contributed by atoms with Gasteiger partial charge in [-0.3, -0.25) is 43.2 Å². The van der Waals surface area contributed by atoms with Gasteiger partial charge in [-0.25, -0.2) is 4.79 Å². The molecule has 0 radical (unpaired) electrons. The lowest BCUT2D eigenvalue weighted by atomic mass is 10.0. The first-order chi connectivity index (χ1) is 33.5. The van der Waals surface area contributed by atoms with E-state index in [4.69, 9.17) is 0 Å². The number of aliphatic carboxylic acids is 2. The first-order valence-electron chi connectivity index (χ1n) is 22.5. The van der Waals surface area contributed by atoms with Crippen LogP contribution in [-0.2, 0) is 60.8 Å². The summed E-state index contributed by atoms with van der Waals surface area (Å²) in [6.07, 6.45) is -1.81. The monoisotopic (exact) mass is 1030 g/mol. The third-order valence-electron chi connectivity index (χ3n) is 10.9. The van der Waals surface area contributed by atoms with E-state index >= 15 is 0 Å². The number of nitrogens with one attached hydrogen (secondary N) is 9. The Morgan fingerprint density at radius 2 is 1.06 bits per heavy atom. The van der Waals surface area contributed by atoms with E-state index < -0.39 is 127 Å². The van der Waals surface area contributed by atoms with Crippen molar-refractivity contribution >= 4 is 84.5 Å². The number of rotatable bonds is 28. The minimum absolute atomic E-state index is 0.0822. The highest BCUT2D eigenvalue weighted by Crippen LogP contribution is 2.15. The number of benzene rings is 2. The lowest BCUT2D eigenvalue weighted by Gasteiger charge is -2.26. The van der Waals surface area contributed by atoms with Crippen LogP contribution < -0.4 is 47.9 Å². The van der Waals surface area contributed by atoms with Crippen LogP contribution in [0.25, 0.3) is 0 Å². The second-order valence-corrected chi connectivity index (χ2v) is 17.9. The molecule has 71 heavy (non-hydrogen) atoms. The number of phenolic OH excluding ortho intramolecular Hbond substituents is 2. The highest BCUT2D eigenvalue weighted by molar-refractivity contribution is 7.80. The highest BCUT2D eigenvalue weighted by atomic mass is 32.1. The summed E-state index contributed by atoms with van der Waals surface area (Å²) in [5.74, 6) is -11.3. The van der Waals surface area contributed by atoms with Gasteiger partial charge in [-0.15, -0.1) is 0 Å². The molecular weight excluding hydrogens is 971 g/mol. The maximum atomic E-state index is 14.2. The minimum atomic E-state index is -1.80. The molecule has 0 bridgehead atoms. The van der Waals surface area contributed by atoms with Crippen LogP contribution in [0.15, 0.2) is 48.5 Å². The first-order valence-corrected chi connectivity index (χ1v) is 23.8. The van der Waals surface area contributed by atoms with Crippen molar-refractivity contribution in [2.24, 2.45) is 5.92 Å². The quantitative estimate of drug-likeness (QED) is 0.0378. The predicted molar refractivity (Wildman–Crippen MR) is 260 cm³/mol. The number of carbonyl (C=O) groups excluding carboxylic acids is 8. The van der Waals surface area contributed by atoms with Crippen molar-refractivity contribution in [2.45, 2.75) is 114 Å². The van der Waals surface area contributed by atoms with Crippen LogP contribution in [0.2, 0.25) is 0 Å². The van der Waals surface area contributed by atoms with Gasteiger partial charge in [0.15, 0.2) is 0 Å². The molecule has 9 atom stereocenters. The summed E-state index contributed by atoms with van der Waals surface area (Å²) in [4.78, 5) is 131. The summed E-state index contributed by atoms with van der Waals surface area (Å²) in [6.45, 7) is 4.39. The number of amides is 8. The average Bonchev–Trinajstić information content (AvgIpc) is 3.86. The zero-order valence-electron chi connectivity index (χ0n) is 39.2. The molecule has 14 N–H and O–H groups in total. The minimum Gasteiger partial charge on any atom is -0.508 e. The van der Waals surface area contributed by atoms with Crippen molar-refractivity contribution in [1.29, 1.82) is 0 Å². The molecule has 0 aliphatic carbocycles. The van der Waals surface area contributed by atoms with Gasteiger partial charge in [0.05, 0.1) is 25.1 Å². The molecule has 1 fully saturated rings. The molecule has 2 aromatic rings. The predicted octanol–water partition coefficient (Wildman–Crippen LogP) is -3.01. The zero-order chi connectivity index (χ0) is 52.9. The number of carbonyl (C=O) groups is 10. The summed E-state index contributed by atoms with van der Waals surface area (Å²) in [7, 11) is 0. The van der Waals surface area contributed by atoms with Crippen molar-refractivity contribution in [3.05, 3.63) is 59.7 Å². The van der Waals surface area contributed by atoms with Gasteiger partial charge in [-0.2, -0.15) is 25.3 Å². The number of aromatic hydroxyl groups is 2. The Bertz CT molecular complexity index is 2200. The van der Waals surface area contributed by atoms with Gasteiger partial charge in [0.2, 0.25) is 47.3 Å². The highest BCUT2D eigenvalue weighted by Gasteiger charge is 2.35. The fourth-order valence-electron chi connectivity index (χ4n) is 7.07. The second kappa shape index (κ2) is 28.9. The van der Waals surface area contributed by atoms with Crippen LogP contribution in [0.1, 0.15) is 57.6 Å². The molecule has 24 nitrogen and oxygen atoms in total. The topological polar surface area (TPSA) is 380 Å². The molecule has 390 valence electrons. The molecule has 0 aromatic heterocycles. The average molecular weight is 1030 g/mol. The van der Waals surface area contributed by atoms with E-state index in [1.54, 1.807) is 13.8 Å². The SMILES string of the molecule is CC(C)C[C@H](NC(=O)[C@H](CS)NC(=O)[C@@H](NC(=O)CNC(=O)[C@H](Cc1ccc(O)cc1)NC(=O)[C@H](Cc1ccc(O)cc1)NC(=O)[C@H](CC(=O)O)NC(=O)[C@H](CS)NC(=O)[C@@H]1CCCN1)[C@@H](C)O)C(=O)O. The molecule has 1 aliphatic rings. The Labute approximate surface area is 419 Å². The fourth-order valence-corrected chi connectivity index (χ4v) is 7.58. The van der Waals surface area contributed by atoms with Gasteiger partial charge in [0.1, 0.15) is 53.8 Å². The van der Waals surface area contributed by atoms with E-state index in [-0.39, 0.29) is 48.2 Å². The number of carboxylic acid groups (broad SMARTS) is 2. The fraction of sp³-hybridized carbons (Fsp3) is 0.511. The van der Waals surface area contributed by atoms with Gasteiger partial charge >= 0.3 is 11.9 Å². The van der Waals surface area contributed by atoms with E-state index in [9.17, 15) is 73.5 Å². The van der Waals surface area contributed by atoms with Crippen LogP contribution in [0.3, 0.4) is 0 Å². The van der Waals surface area contributed by atoms with Crippen molar-refractivity contribution in [3.63, 3.8) is 0 Å².